The van der Waals surface area contributed by atoms with Gasteiger partial charge in [-0.25, -0.2) is 13.1 Å². The zero-order valence-electron chi connectivity index (χ0n) is 14.1. The summed E-state index contributed by atoms with van der Waals surface area (Å²) in [4.78, 5) is 14.2. The quantitative estimate of drug-likeness (QED) is 0.840. The van der Waals surface area contributed by atoms with Crippen molar-refractivity contribution in [2.75, 3.05) is 20.1 Å². The number of nitrogens with zero attached hydrogens (tertiary/aromatic N) is 2. The number of amides is 1. The molecule has 1 fully saturated rings. The molecule has 2 aromatic rings. The Kier molecular flexibility index (Phi) is 6.71. The van der Waals surface area contributed by atoms with E-state index in [1.165, 1.54) is 7.05 Å². The van der Waals surface area contributed by atoms with Crippen LogP contribution in [0.5, 0.6) is 0 Å². The minimum absolute atomic E-state index is 0. The maximum Gasteiger partial charge on any atom is 0.224 e. The lowest BCUT2D eigenvalue weighted by molar-refractivity contribution is -0.132. The molecule has 6 nitrogen and oxygen atoms in total. The summed E-state index contributed by atoms with van der Waals surface area (Å²) in [6, 6.07) is 7.69. The van der Waals surface area contributed by atoms with Crippen LogP contribution < -0.4 is 4.72 Å². The van der Waals surface area contributed by atoms with E-state index in [9.17, 15) is 13.2 Å². The fourth-order valence-corrected chi connectivity index (χ4v) is 4.67. The minimum atomic E-state index is -3.25. The Hall–Kier alpha value is -1.57. The predicted octanol–water partition coefficient (Wildman–Crippen LogP) is 2.86. The molecule has 0 radical (unpaired) electrons. The third-order valence-electron chi connectivity index (χ3n) is 4.82. The van der Waals surface area contributed by atoms with Crippen LogP contribution >= 0.6 is 11.6 Å². The maximum absolute atomic E-state index is 12.4. The summed E-state index contributed by atoms with van der Waals surface area (Å²) in [5.74, 6) is 0.0659. The molecule has 144 valence electrons. The lowest BCUT2D eigenvalue weighted by Crippen LogP contribution is -2.45. The third kappa shape index (κ3) is 4.39. The van der Waals surface area contributed by atoms with Crippen molar-refractivity contribution in [2.45, 2.75) is 38.5 Å². The topological polar surface area (TPSA) is 71.4 Å². The normalized spacial score (nSPS) is 15.8. The van der Waals surface area contributed by atoms with E-state index in [-0.39, 0.29) is 13.3 Å². The fourth-order valence-electron chi connectivity index (χ4n) is 3.32. The Morgan fingerprint density at radius 2 is 1.96 bits per heavy atom. The van der Waals surface area contributed by atoms with E-state index in [0.717, 1.165) is 10.9 Å². The third-order valence-corrected chi connectivity index (χ3v) is 6.97. The molecule has 0 atom stereocenters. The van der Waals surface area contributed by atoms with Crippen LogP contribution in [0.2, 0.25) is 5.02 Å². The predicted molar refractivity (Wildman–Crippen MR) is 106 cm³/mol. The smallest absolute Gasteiger partial charge is 0.224 e. The van der Waals surface area contributed by atoms with E-state index in [1.807, 2.05) is 35.0 Å². The largest absolute Gasteiger partial charge is 0.347 e. The van der Waals surface area contributed by atoms with Gasteiger partial charge in [-0.05, 0) is 44.2 Å². The Labute approximate surface area is 160 Å². The van der Waals surface area contributed by atoms with E-state index in [2.05, 4.69) is 4.72 Å². The van der Waals surface area contributed by atoms with Crippen LogP contribution in [-0.2, 0) is 21.4 Å². The molecule has 0 bridgehead atoms. The van der Waals surface area contributed by atoms with Crippen molar-refractivity contribution in [2.24, 2.45) is 0 Å². The molecule has 1 amide bonds. The number of carbonyl (C=O) groups is 1. The Balaban J connectivity index is 0.00000243. The van der Waals surface area contributed by atoms with Gasteiger partial charge in [0.15, 0.2) is 0 Å². The highest BCUT2D eigenvalue weighted by atomic mass is 35.5. The molecule has 1 saturated heterocycles. The second-order valence-corrected chi connectivity index (χ2v) is 8.89. The number of hydrogen-bond donors (Lipinski definition) is 1. The standard InChI is InChI=1S/C17H22ClN3O3S.CH4/c1-19-25(23,24)15-5-9-21(10-6-15)17(22)7-11-20-8-4-13-12-14(18)2-3-16(13)20;/h2-4,8,12,15,19H,5-7,9-11H2,1H3;1H4. The lowest BCUT2D eigenvalue weighted by Gasteiger charge is -2.31. The molecule has 0 aliphatic carbocycles. The van der Waals surface area contributed by atoms with E-state index >= 15 is 0 Å². The second kappa shape index (κ2) is 8.41. The molecule has 2 heterocycles. The molecule has 0 spiro atoms. The van der Waals surface area contributed by atoms with Crippen molar-refractivity contribution in [3.8, 4) is 0 Å². The van der Waals surface area contributed by atoms with E-state index in [1.54, 1.807) is 4.90 Å². The summed E-state index contributed by atoms with van der Waals surface area (Å²) in [6.45, 7) is 1.58. The summed E-state index contributed by atoms with van der Waals surface area (Å²) in [5, 5.41) is 1.35. The minimum Gasteiger partial charge on any atom is -0.347 e. The second-order valence-electron chi connectivity index (χ2n) is 6.29. The fraction of sp³-hybridized carbons (Fsp3) is 0.500. The van der Waals surface area contributed by atoms with Crippen LogP contribution in [0.3, 0.4) is 0 Å². The number of fused-ring (bicyclic) bond motifs is 1. The van der Waals surface area contributed by atoms with Gasteiger partial charge in [-0.1, -0.05) is 19.0 Å². The van der Waals surface area contributed by atoms with Crippen LogP contribution in [0.1, 0.15) is 26.7 Å². The van der Waals surface area contributed by atoms with Gasteiger partial charge < -0.3 is 9.47 Å². The number of piperidine rings is 1. The number of benzene rings is 1. The number of sulfonamides is 1. The molecule has 1 aromatic heterocycles. The molecule has 1 aliphatic heterocycles. The average molecular weight is 400 g/mol. The first-order valence-electron chi connectivity index (χ1n) is 8.35. The Morgan fingerprint density at radius 3 is 2.62 bits per heavy atom. The first-order valence-corrected chi connectivity index (χ1v) is 10.3. The first-order chi connectivity index (χ1) is 11.9. The SMILES string of the molecule is C.CNS(=O)(=O)C1CCN(C(=O)CCn2ccc3cc(Cl)ccc32)CC1. The Bertz CT molecular complexity index is 871. The molecule has 0 unspecified atom stereocenters. The molecule has 26 heavy (non-hydrogen) atoms. The highest BCUT2D eigenvalue weighted by molar-refractivity contribution is 7.90. The average Bonchev–Trinajstić information content (AvgIpc) is 3.01. The van der Waals surface area contributed by atoms with Crippen LogP contribution in [0, 0.1) is 0 Å². The number of halogens is 1. The first kappa shape index (κ1) is 20.7. The number of aromatic nitrogens is 1. The van der Waals surface area contributed by atoms with Gasteiger partial charge >= 0.3 is 0 Å². The van der Waals surface area contributed by atoms with Gasteiger partial charge in [0, 0.05) is 48.2 Å². The lowest BCUT2D eigenvalue weighted by atomic mass is 10.1. The van der Waals surface area contributed by atoms with Gasteiger partial charge in [0.25, 0.3) is 0 Å². The number of carbonyl (C=O) groups excluding carboxylic acids is 1. The number of hydrogen-bond acceptors (Lipinski definition) is 3. The molecule has 3 rings (SSSR count). The number of rotatable bonds is 5. The zero-order valence-corrected chi connectivity index (χ0v) is 15.7. The van der Waals surface area contributed by atoms with E-state index < -0.39 is 15.3 Å². The molecule has 8 heteroatoms. The Morgan fingerprint density at radius 1 is 1.27 bits per heavy atom. The van der Waals surface area contributed by atoms with Gasteiger partial charge in [0.2, 0.25) is 15.9 Å². The van der Waals surface area contributed by atoms with Crippen LogP contribution in [0.25, 0.3) is 10.9 Å². The summed E-state index contributed by atoms with van der Waals surface area (Å²) in [7, 11) is -1.82. The number of likely N-dealkylation sites (tertiary alicyclic amines) is 1. The zero-order chi connectivity index (χ0) is 18.0. The summed E-state index contributed by atoms with van der Waals surface area (Å²) in [6.07, 6.45) is 3.33. The van der Waals surface area contributed by atoms with Crippen LogP contribution in [0.15, 0.2) is 30.5 Å². The molecule has 1 N–H and O–H groups in total. The van der Waals surface area contributed by atoms with Crippen molar-refractivity contribution in [3.05, 3.63) is 35.5 Å². The van der Waals surface area contributed by atoms with Crippen molar-refractivity contribution >= 4 is 38.4 Å². The van der Waals surface area contributed by atoms with Crippen LogP contribution in [0.4, 0.5) is 0 Å². The molecular weight excluding hydrogens is 374 g/mol. The summed E-state index contributed by atoms with van der Waals surface area (Å²) < 4.78 is 28.1. The van der Waals surface area contributed by atoms with Gasteiger partial charge in [-0.15, -0.1) is 0 Å². The highest BCUT2D eigenvalue weighted by Gasteiger charge is 2.30. The summed E-state index contributed by atoms with van der Waals surface area (Å²) in [5.41, 5.74) is 1.05. The molecule has 1 aliphatic rings. The van der Waals surface area contributed by atoms with Gasteiger partial charge in [-0.3, -0.25) is 4.79 Å². The number of aryl methyl sites for hydroxylation is 1. The molecule has 0 saturated carbocycles. The van der Waals surface area contributed by atoms with Crippen molar-refractivity contribution in [1.82, 2.24) is 14.2 Å². The number of nitrogens with one attached hydrogen (secondary N) is 1. The van der Waals surface area contributed by atoms with Gasteiger partial charge in [0.05, 0.1) is 5.25 Å². The highest BCUT2D eigenvalue weighted by Crippen LogP contribution is 2.21. The summed E-state index contributed by atoms with van der Waals surface area (Å²) >= 11 is 5.99. The molecular formula is C18H26ClN3O3S. The van der Waals surface area contributed by atoms with E-state index in [4.69, 9.17) is 11.6 Å². The van der Waals surface area contributed by atoms with Crippen LogP contribution in [-0.4, -0.2) is 49.2 Å². The van der Waals surface area contributed by atoms with Crippen molar-refractivity contribution in [1.29, 1.82) is 0 Å². The maximum atomic E-state index is 12.4. The van der Waals surface area contributed by atoms with Crippen molar-refractivity contribution in [3.63, 3.8) is 0 Å². The van der Waals surface area contributed by atoms with Gasteiger partial charge in [0.1, 0.15) is 0 Å². The van der Waals surface area contributed by atoms with Gasteiger partial charge in [-0.2, -0.15) is 0 Å². The monoisotopic (exact) mass is 399 g/mol. The molecule has 1 aromatic carbocycles. The van der Waals surface area contributed by atoms with E-state index in [0.29, 0.717) is 43.9 Å². The van der Waals surface area contributed by atoms with Crippen molar-refractivity contribution < 1.29 is 13.2 Å².